The van der Waals surface area contributed by atoms with Gasteiger partial charge in [0.2, 0.25) is 0 Å². The van der Waals surface area contributed by atoms with Crippen LogP contribution in [0.2, 0.25) is 0 Å². The van der Waals surface area contributed by atoms with E-state index in [0.29, 0.717) is 0 Å². The minimum absolute atomic E-state index is 0.0982. The van der Waals surface area contributed by atoms with Crippen LogP contribution in [0, 0.1) is 6.92 Å². The summed E-state index contributed by atoms with van der Waals surface area (Å²) in [4.78, 5) is 4.46. The van der Waals surface area contributed by atoms with Crippen molar-refractivity contribution < 1.29 is 4.74 Å². The molecule has 0 aliphatic carbocycles. The van der Waals surface area contributed by atoms with Gasteiger partial charge in [0, 0.05) is 13.3 Å². The number of imidazole rings is 1. The van der Waals surface area contributed by atoms with Crippen LogP contribution in [0.15, 0.2) is 54.9 Å². The van der Waals surface area contributed by atoms with E-state index >= 15 is 0 Å². The summed E-state index contributed by atoms with van der Waals surface area (Å²) in [6.45, 7) is 2.07. The van der Waals surface area contributed by atoms with Gasteiger partial charge in [-0.15, -0.1) is 0 Å². The summed E-state index contributed by atoms with van der Waals surface area (Å²) < 4.78 is 7.74. The van der Waals surface area contributed by atoms with Crippen molar-refractivity contribution >= 4 is 5.65 Å². The molecular formula is C16H16N2O. The molecule has 3 aromatic rings. The van der Waals surface area contributed by atoms with E-state index in [-0.39, 0.29) is 6.10 Å². The quantitative estimate of drug-likeness (QED) is 0.714. The number of benzene rings is 1. The average Bonchev–Trinajstić information content (AvgIpc) is 2.84. The van der Waals surface area contributed by atoms with Crippen molar-refractivity contribution in [1.29, 1.82) is 0 Å². The Morgan fingerprint density at radius 1 is 1.16 bits per heavy atom. The molecular weight excluding hydrogens is 236 g/mol. The van der Waals surface area contributed by atoms with Crippen molar-refractivity contribution in [2.45, 2.75) is 13.0 Å². The molecule has 0 fully saturated rings. The molecule has 2 aromatic heterocycles. The Kier molecular flexibility index (Phi) is 3.05. The maximum atomic E-state index is 5.66. The second-order valence-corrected chi connectivity index (χ2v) is 4.64. The minimum atomic E-state index is -0.0982. The largest absolute Gasteiger partial charge is 0.370 e. The van der Waals surface area contributed by atoms with Crippen LogP contribution in [0.25, 0.3) is 5.65 Å². The summed E-state index contributed by atoms with van der Waals surface area (Å²) in [5.41, 5.74) is 4.34. The zero-order valence-corrected chi connectivity index (χ0v) is 11.1. The van der Waals surface area contributed by atoms with Crippen molar-refractivity contribution in [2.24, 2.45) is 0 Å². The number of rotatable bonds is 3. The van der Waals surface area contributed by atoms with Crippen LogP contribution >= 0.6 is 0 Å². The fraction of sp³-hybridized carbons (Fsp3) is 0.188. The van der Waals surface area contributed by atoms with Gasteiger partial charge in [0.05, 0.1) is 11.9 Å². The third-order valence-electron chi connectivity index (χ3n) is 3.30. The normalized spacial score (nSPS) is 12.7. The molecule has 0 saturated heterocycles. The van der Waals surface area contributed by atoms with Gasteiger partial charge < -0.3 is 9.14 Å². The van der Waals surface area contributed by atoms with E-state index in [0.717, 1.165) is 16.9 Å². The van der Waals surface area contributed by atoms with E-state index in [1.54, 1.807) is 7.11 Å². The van der Waals surface area contributed by atoms with Crippen molar-refractivity contribution in [3.05, 3.63) is 71.7 Å². The fourth-order valence-electron chi connectivity index (χ4n) is 2.35. The molecule has 0 N–H and O–H groups in total. The topological polar surface area (TPSA) is 26.5 Å². The van der Waals surface area contributed by atoms with Crippen molar-refractivity contribution in [2.75, 3.05) is 7.11 Å². The molecule has 0 saturated carbocycles. The summed E-state index contributed by atoms with van der Waals surface area (Å²) in [5.74, 6) is 0. The standard InChI is InChI=1S/C16H16N2O/c1-12-8-9-18-14(11-17-15(18)10-12)16(19-2)13-6-4-3-5-7-13/h3-11,16H,1-2H3. The van der Waals surface area contributed by atoms with E-state index < -0.39 is 0 Å². The molecule has 3 heteroatoms. The molecule has 19 heavy (non-hydrogen) atoms. The molecule has 2 heterocycles. The Bertz CT molecular complexity index is 688. The van der Waals surface area contributed by atoms with Gasteiger partial charge >= 0.3 is 0 Å². The van der Waals surface area contributed by atoms with Gasteiger partial charge in [-0.05, 0) is 30.2 Å². The molecule has 96 valence electrons. The van der Waals surface area contributed by atoms with Crippen LogP contribution in [-0.2, 0) is 4.74 Å². The van der Waals surface area contributed by atoms with Gasteiger partial charge in [-0.25, -0.2) is 4.98 Å². The Morgan fingerprint density at radius 3 is 2.68 bits per heavy atom. The van der Waals surface area contributed by atoms with Gasteiger partial charge in [0.15, 0.2) is 0 Å². The predicted octanol–water partition coefficient (Wildman–Crippen LogP) is 3.38. The molecule has 1 aromatic carbocycles. The molecule has 0 bridgehead atoms. The first-order valence-corrected chi connectivity index (χ1v) is 6.31. The second kappa shape index (κ2) is 4.86. The van der Waals surface area contributed by atoms with Crippen molar-refractivity contribution in [3.63, 3.8) is 0 Å². The first kappa shape index (κ1) is 11.9. The molecule has 0 aliphatic rings. The van der Waals surface area contributed by atoms with Crippen molar-refractivity contribution in [1.82, 2.24) is 9.38 Å². The number of methoxy groups -OCH3 is 1. The summed E-state index contributed by atoms with van der Waals surface area (Å²) in [7, 11) is 1.73. The molecule has 3 rings (SSSR count). The maximum absolute atomic E-state index is 5.66. The number of ether oxygens (including phenoxy) is 1. The lowest BCUT2D eigenvalue weighted by Crippen LogP contribution is -2.06. The smallest absolute Gasteiger partial charge is 0.137 e. The third kappa shape index (κ3) is 2.13. The van der Waals surface area contributed by atoms with Crippen LogP contribution in [0.3, 0.4) is 0 Å². The van der Waals surface area contributed by atoms with Crippen LogP contribution in [0.5, 0.6) is 0 Å². The van der Waals surface area contributed by atoms with E-state index in [1.165, 1.54) is 5.56 Å². The van der Waals surface area contributed by atoms with E-state index in [1.807, 2.05) is 30.6 Å². The highest BCUT2D eigenvalue weighted by molar-refractivity contribution is 5.44. The van der Waals surface area contributed by atoms with Gasteiger partial charge in [-0.1, -0.05) is 30.3 Å². The summed E-state index contributed by atoms with van der Waals surface area (Å²) >= 11 is 0. The Morgan fingerprint density at radius 2 is 1.95 bits per heavy atom. The van der Waals surface area contributed by atoms with Gasteiger partial charge in [-0.2, -0.15) is 0 Å². The number of fused-ring (bicyclic) bond motifs is 1. The Balaban J connectivity index is 2.12. The second-order valence-electron chi connectivity index (χ2n) is 4.64. The van der Waals surface area contributed by atoms with E-state index in [2.05, 4.69) is 40.6 Å². The molecule has 0 radical (unpaired) electrons. The number of hydrogen-bond acceptors (Lipinski definition) is 2. The Hall–Kier alpha value is -2.13. The highest BCUT2D eigenvalue weighted by Crippen LogP contribution is 2.25. The van der Waals surface area contributed by atoms with Gasteiger partial charge in [-0.3, -0.25) is 0 Å². The number of nitrogens with zero attached hydrogens (tertiary/aromatic N) is 2. The molecule has 0 aliphatic heterocycles. The van der Waals surface area contributed by atoms with Gasteiger partial charge in [0.25, 0.3) is 0 Å². The number of hydrogen-bond donors (Lipinski definition) is 0. The van der Waals surface area contributed by atoms with Gasteiger partial charge in [0.1, 0.15) is 11.8 Å². The predicted molar refractivity (Wildman–Crippen MR) is 75.2 cm³/mol. The molecule has 3 nitrogen and oxygen atoms in total. The highest BCUT2D eigenvalue weighted by atomic mass is 16.5. The third-order valence-corrected chi connectivity index (χ3v) is 3.30. The molecule has 1 atom stereocenters. The molecule has 0 spiro atoms. The SMILES string of the molecule is COC(c1ccccc1)c1cnc2cc(C)ccn12. The lowest BCUT2D eigenvalue weighted by atomic mass is 10.1. The highest BCUT2D eigenvalue weighted by Gasteiger charge is 2.17. The maximum Gasteiger partial charge on any atom is 0.137 e. The Labute approximate surface area is 112 Å². The fourth-order valence-corrected chi connectivity index (χ4v) is 2.35. The molecule has 0 amide bonds. The number of pyridine rings is 1. The van der Waals surface area contributed by atoms with Crippen LogP contribution in [0.4, 0.5) is 0 Å². The lowest BCUT2D eigenvalue weighted by Gasteiger charge is -2.15. The van der Waals surface area contributed by atoms with E-state index in [9.17, 15) is 0 Å². The number of aromatic nitrogens is 2. The summed E-state index contributed by atoms with van der Waals surface area (Å²) in [6, 6.07) is 14.3. The first-order valence-electron chi connectivity index (χ1n) is 6.31. The number of aryl methyl sites for hydroxylation is 1. The zero-order valence-electron chi connectivity index (χ0n) is 11.1. The van der Waals surface area contributed by atoms with Crippen LogP contribution in [-0.4, -0.2) is 16.5 Å². The summed E-state index contributed by atoms with van der Waals surface area (Å²) in [5, 5.41) is 0. The van der Waals surface area contributed by atoms with Crippen molar-refractivity contribution in [3.8, 4) is 0 Å². The zero-order chi connectivity index (χ0) is 13.2. The minimum Gasteiger partial charge on any atom is -0.370 e. The van der Waals surface area contributed by atoms with E-state index in [4.69, 9.17) is 4.74 Å². The average molecular weight is 252 g/mol. The van der Waals surface area contributed by atoms with Crippen LogP contribution < -0.4 is 0 Å². The first-order chi connectivity index (χ1) is 9.29. The monoisotopic (exact) mass is 252 g/mol. The summed E-state index contributed by atoms with van der Waals surface area (Å²) in [6.07, 6.45) is 3.83. The van der Waals surface area contributed by atoms with Crippen LogP contribution in [0.1, 0.15) is 22.9 Å². The molecule has 1 unspecified atom stereocenters. The lowest BCUT2D eigenvalue weighted by molar-refractivity contribution is 0.132.